The molecule has 0 N–H and O–H groups in total. The molecule has 1 aliphatic rings. The Labute approximate surface area is 181 Å². The number of nitrogens with zero attached hydrogens (tertiary/aromatic N) is 5. The fourth-order valence-corrected chi connectivity index (χ4v) is 3.13. The molecule has 7 nitrogen and oxygen atoms in total. The van der Waals surface area contributed by atoms with Crippen molar-refractivity contribution in [3.8, 4) is 0 Å². The van der Waals surface area contributed by atoms with Crippen LogP contribution in [-0.4, -0.2) is 32.1 Å². The van der Waals surface area contributed by atoms with E-state index in [1.165, 1.54) is 12.6 Å². The maximum absolute atomic E-state index is 11.3. The van der Waals surface area contributed by atoms with Crippen LogP contribution in [0.15, 0.2) is 93.3 Å². The lowest BCUT2D eigenvalue weighted by Crippen LogP contribution is -2.36. The van der Waals surface area contributed by atoms with Gasteiger partial charge in [-0.05, 0) is 79.7 Å². The van der Waals surface area contributed by atoms with Crippen LogP contribution < -0.4 is 4.90 Å². The third kappa shape index (κ3) is 5.67. The number of hydrogen-bond donors (Lipinski definition) is 0. The summed E-state index contributed by atoms with van der Waals surface area (Å²) in [5.41, 5.74) is 4.77. The molecular weight excluding hydrogens is 390 g/mol. The Kier molecular flexibility index (Phi) is 6.54. The molecule has 0 aromatic heterocycles. The first-order valence-electron chi connectivity index (χ1n) is 10.1. The molecule has 0 radical (unpaired) electrons. The standard InChI is InChI=1S/C24H23N5O2/c1-18(30)19-2-4-20(5-3-19)25-26-21-6-8-22(9-7-21)27-28-23-10-12-24(13-11-23)29-14-16-31-17-15-29/h2-13H,14-17H2,1H3. The van der Waals surface area contributed by atoms with Crippen LogP contribution in [-0.2, 0) is 4.74 Å². The van der Waals surface area contributed by atoms with E-state index < -0.39 is 0 Å². The number of carbonyl (C=O) groups is 1. The van der Waals surface area contributed by atoms with Crippen molar-refractivity contribution in [2.24, 2.45) is 20.5 Å². The first-order valence-corrected chi connectivity index (χ1v) is 10.1. The van der Waals surface area contributed by atoms with E-state index in [0.717, 1.165) is 37.7 Å². The number of azo groups is 2. The molecule has 3 aromatic carbocycles. The molecule has 1 aliphatic heterocycles. The molecule has 4 rings (SSSR count). The van der Waals surface area contributed by atoms with Crippen molar-refractivity contribution in [1.29, 1.82) is 0 Å². The average Bonchev–Trinajstić information content (AvgIpc) is 2.83. The summed E-state index contributed by atoms with van der Waals surface area (Å²) in [5, 5.41) is 17.0. The van der Waals surface area contributed by atoms with Crippen molar-refractivity contribution < 1.29 is 9.53 Å². The number of carbonyl (C=O) groups excluding carboxylic acids is 1. The number of benzene rings is 3. The van der Waals surface area contributed by atoms with Crippen LogP contribution in [0.1, 0.15) is 17.3 Å². The smallest absolute Gasteiger partial charge is 0.159 e. The predicted molar refractivity (Wildman–Crippen MR) is 121 cm³/mol. The SMILES string of the molecule is CC(=O)c1ccc(N=Nc2ccc(N=Nc3ccc(N4CCOCC4)cc3)cc2)cc1. The van der Waals surface area contributed by atoms with Gasteiger partial charge in [-0.15, -0.1) is 0 Å². The van der Waals surface area contributed by atoms with Crippen LogP contribution >= 0.6 is 0 Å². The molecule has 0 bridgehead atoms. The summed E-state index contributed by atoms with van der Waals surface area (Å²) in [5.74, 6) is 0.0290. The highest BCUT2D eigenvalue weighted by atomic mass is 16.5. The van der Waals surface area contributed by atoms with Gasteiger partial charge in [0.05, 0.1) is 36.0 Å². The zero-order valence-corrected chi connectivity index (χ0v) is 17.3. The summed E-state index contributed by atoms with van der Waals surface area (Å²) in [6, 6.07) is 22.5. The molecule has 0 amide bonds. The van der Waals surface area contributed by atoms with E-state index in [-0.39, 0.29) is 5.78 Å². The molecular formula is C24H23N5O2. The van der Waals surface area contributed by atoms with Gasteiger partial charge in [0.1, 0.15) is 0 Å². The van der Waals surface area contributed by atoms with Crippen LogP contribution in [0.5, 0.6) is 0 Å². The van der Waals surface area contributed by atoms with E-state index in [2.05, 4.69) is 37.5 Å². The van der Waals surface area contributed by atoms with Crippen molar-refractivity contribution in [3.05, 3.63) is 78.4 Å². The Morgan fingerprint density at radius 3 is 1.48 bits per heavy atom. The number of hydrogen-bond acceptors (Lipinski definition) is 7. The van der Waals surface area contributed by atoms with Crippen LogP contribution in [0.4, 0.5) is 28.4 Å². The molecule has 7 heteroatoms. The largest absolute Gasteiger partial charge is 0.378 e. The van der Waals surface area contributed by atoms with Crippen molar-refractivity contribution in [3.63, 3.8) is 0 Å². The summed E-state index contributed by atoms with van der Waals surface area (Å²) in [6.45, 7) is 4.89. The topological polar surface area (TPSA) is 79.0 Å². The predicted octanol–water partition coefficient (Wildman–Crippen LogP) is 6.56. The Bertz CT molecular complexity index is 1070. The minimum Gasteiger partial charge on any atom is -0.378 e. The van der Waals surface area contributed by atoms with Gasteiger partial charge in [0, 0.05) is 24.3 Å². The highest BCUT2D eigenvalue weighted by Gasteiger charge is 2.10. The molecule has 156 valence electrons. The normalized spacial score (nSPS) is 14.4. The van der Waals surface area contributed by atoms with Gasteiger partial charge in [0.2, 0.25) is 0 Å². The van der Waals surface area contributed by atoms with E-state index in [9.17, 15) is 4.79 Å². The van der Waals surface area contributed by atoms with Crippen LogP contribution in [0, 0.1) is 0 Å². The van der Waals surface area contributed by atoms with Crippen molar-refractivity contribution >= 4 is 34.2 Å². The zero-order chi connectivity index (χ0) is 21.5. The number of Topliss-reactive ketones (excluding diaryl/α,β-unsaturated/α-hetero) is 1. The Morgan fingerprint density at radius 2 is 1.06 bits per heavy atom. The maximum Gasteiger partial charge on any atom is 0.159 e. The minimum absolute atomic E-state index is 0.0290. The summed E-state index contributed by atoms with van der Waals surface area (Å²) in [6.07, 6.45) is 0. The summed E-state index contributed by atoms with van der Waals surface area (Å²) < 4.78 is 5.39. The molecule has 0 unspecified atom stereocenters. The third-order valence-electron chi connectivity index (χ3n) is 4.91. The van der Waals surface area contributed by atoms with Gasteiger partial charge in [-0.2, -0.15) is 20.5 Å². The number of ether oxygens (including phenoxy) is 1. The Morgan fingerprint density at radius 1 is 0.677 bits per heavy atom. The Balaban J connectivity index is 1.35. The van der Waals surface area contributed by atoms with Gasteiger partial charge >= 0.3 is 0 Å². The van der Waals surface area contributed by atoms with Gasteiger partial charge in [0.15, 0.2) is 5.78 Å². The fraction of sp³-hybridized carbons (Fsp3) is 0.208. The molecule has 0 atom stereocenters. The minimum atomic E-state index is 0.0290. The molecule has 1 fully saturated rings. The first-order chi connectivity index (χ1) is 15.2. The van der Waals surface area contributed by atoms with Crippen LogP contribution in [0.25, 0.3) is 0 Å². The lowest BCUT2D eigenvalue weighted by atomic mass is 10.1. The Hall–Kier alpha value is -3.71. The number of rotatable bonds is 6. The molecule has 3 aromatic rings. The van der Waals surface area contributed by atoms with Crippen molar-refractivity contribution in [2.45, 2.75) is 6.92 Å². The van der Waals surface area contributed by atoms with E-state index in [0.29, 0.717) is 16.9 Å². The molecule has 0 aliphatic carbocycles. The molecule has 1 heterocycles. The fourth-order valence-electron chi connectivity index (χ4n) is 3.13. The average molecular weight is 413 g/mol. The van der Waals surface area contributed by atoms with E-state index >= 15 is 0 Å². The third-order valence-corrected chi connectivity index (χ3v) is 4.91. The molecule has 1 saturated heterocycles. The van der Waals surface area contributed by atoms with Gasteiger partial charge in [-0.3, -0.25) is 4.79 Å². The van der Waals surface area contributed by atoms with E-state index in [1.54, 1.807) is 24.3 Å². The van der Waals surface area contributed by atoms with E-state index in [4.69, 9.17) is 4.74 Å². The first kappa shape index (κ1) is 20.6. The summed E-state index contributed by atoms with van der Waals surface area (Å²) >= 11 is 0. The number of ketones is 1. The van der Waals surface area contributed by atoms with Gasteiger partial charge < -0.3 is 9.64 Å². The van der Waals surface area contributed by atoms with Gasteiger partial charge in [-0.25, -0.2) is 0 Å². The maximum atomic E-state index is 11.3. The van der Waals surface area contributed by atoms with Crippen molar-refractivity contribution in [1.82, 2.24) is 0 Å². The van der Waals surface area contributed by atoms with Crippen molar-refractivity contribution in [2.75, 3.05) is 31.2 Å². The monoisotopic (exact) mass is 413 g/mol. The molecule has 0 saturated carbocycles. The summed E-state index contributed by atoms with van der Waals surface area (Å²) in [4.78, 5) is 13.6. The number of morpholine rings is 1. The zero-order valence-electron chi connectivity index (χ0n) is 17.3. The van der Waals surface area contributed by atoms with Gasteiger partial charge in [-0.1, -0.05) is 0 Å². The summed E-state index contributed by atoms with van der Waals surface area (Å²) in [7, 11) is 0. The highest BCUT2D eigenvalue weighted by molar-refractivity contribution is 5.94. The lowest BCUT2D eigenvalue weighted by molar-refractivity contribution is 0.101. The van der Waals surface area contributed by atoms with Crippen LogP contribution in [0.2, 0.25) is 0 Å². The second-order valence-corrected chi connectivity index (χ2v) is 7.14. The van der Waals surface area contributed by atoms with Crippen LogP contribution in [0.3, 0.4) is 0 Å². The number of anilines is 1. The second kappa shape index (κ2) is 9.86. The van der Waals surface area contributed by atoms with Gasteiger partial charge in [0.25, 0.3) is 0 Å². The second-order valence-electron chi connectivity index (χ2n) is 7.14. The lowest BCUT2D eigenvalue weighted by Gasteiger charge is -2.28. The van der Waals surface area contributed by atoms with E-state index in [1.807, 2.05) is 36.4 Å². The quantitative estimate of drug-likeness (QED) is 0.339. The molecule has 31 heavy (non-hydrogen) atoms. The molecule has 0 spiro atoms. The highest BCUT2D eigenvalue weighted by Crippen LogP contribution is 2.25.